The number of cyclic esters (lactones) is 1. The second-order valence-corrected chi connectivity index (χ2v) is 11.2. The Morgan fingerprint density at radius 1 is 0.680 bits per heavy atom. The van der Waals surface area contributed by atoms with Crippen molar-refractivity contribution in [1.82, 2.24) is 0 Å². The van der Waals surface area contributed by atoms with Crippen molar-refractivity contribution < 1.29 is 84.4 Å². The van der Waals surface area contributed by atoms with Crippen LogP contribution in [0.15, 0.2) is 54.6 Å². The van der Waals surface area contributed by atoms with Gasteiger partial charge in [0.1, 0.15) is 47.7 Å². The SMILES string of the molecule is O=C1OC[C@H]2O[C@@H](Oc3cc(O)c(C(=O)c4ccccc4)c(O)c3)[C@H](O)[C@@H](O)[C@@H]2OC(=O)c2cc(O)c(O)c(O)c2-c2c1cc(O)c(O)c2O. The van der Waals surface area contributed by atoms with E-state index in [0.29, 0.717) is 12.1 Å². The third-order valence-corrected chi connectivity index (χ3v) is 8.05. The molecule has 0 radical (unpaired) electrons. The lowest BCUT2D eigenvalue weighted by molar-refractivity contribution is -0.276. The van der Waals surface area contributed by atoms with E-state index in [4.69, 9.17) is 18.9 Å². The topological polar surface area (TPSA) is 290 Å². The number of aromatic hydroxyl groups is 8. The number of aliphatic hydroxyl groups is 2. The molecule has 0 spiro atoms. The summed E-state index contributed by atoms with van der Waals surface area (Å²) in [5.74, 6) is -12.5. The minimum Gasteiger partial charge on any atom is -0.507 e. The van der Waals surface area contributed by atoms with E-state index in [-0.39, 0.29) is 11.3 Å². The van der Waals surface area contributed by atoms with Gasteiger partial charge in [-0.05, 0) is 12.1 Å². The van der Waals surface area contributed by atoms with Crippen molar-refractivity contribution in [3.63, 3.8) is 0 Å². The van der Waals surface area contributed by atoms with E-state index in [1.165, 1.54) is 12.1 Å². The van der Waals surface area contributed by atoms with Crippen molar-refractivity contribution in [3.05, 3.63) is 76.9 Å². The number of carbonyl (C=O) groups is 3. The molecule has 0 aromatic heterocycles. The number of rotatable bonds is 4. The van der Waals surface area contributed by atoms with Crippen LogP contribution in [-0.2, 0) is 14.2 Å². The Bertz CT molecular complexity index is 2020. The van der Waals surface area contributed by atoms with Gasteiger partial charge in [0, 0.05) is 28.8 Å². The highest BCUT2D eigenvalue weighted by molar-refractivity contribution is 6.12. The lowest BCUT2D eigenvalue weighted by Crippen LogP contribution is -2.61. The van der Waals surface area contributed by atoms with Crippen molar-refractivity contribution in [1.29, 1.82) is 0 Å². The average molecular weight is 695 g/mol. The summed E-state index contributed by atoms with van der Waals surface area (Å²) in [4.78, 5) is 39.8. The number of fused-ring (bicyclic) bond motifs is 4. The predicted octanol–water partition coefficient (Wildman–Crippen LogP) is 1.45. The maximum Gasteiger partial charge on any atom is 0.339 e. The lowest BCUT2D eigenvalue weighted by Gasteiger charge is -2.41. The van der Waals surface area contributed by atoms with Crippen molar-refractivity contribution >= 4 is 17.7 Å². The van der Waals surface area contributed by atoms with Gasteiger partial charge in [-0.1, -0.05) is 30.3 Å². The Kier molecular flexibility index (Phi) is 8.40. The number of carbonyl (C=O) groups excluding carboxylic acids is 3. The Morgan fingerprint density at radius 2 is 1.22 bits per heavy atom. The van der Waals surface area contributed by atoms with Crippen LogP contribution < -0.4 is 4.74 Å². The number of ketones is 1. The first-order valence-corrected chi connectivity index (χ1v) is 14.5. The maximum absolute atomic E-state index is 13.5. The molecule has 2 aliphatic heterocycles. The van der Waals surface area contributed by atoms with Crippen LogP contribution in [-0.4, -0.2) is 106 Å². The van der Waals surface area contributed by atoms with Gasteiger partial charge < -0.3 is 70.0 Å². The van der Waals surface area contributed by atoms with Gasteiger partial charge in [0.15, 0.2) is 29.1 Å². The number of hydrogen-bond acceptors (Lipinski definition) is 17. The maximum atomic E-state index is 13.5. The number of aliphatic hydroxyl groups excluding tert-OH is 2. The van der Waals surface area contributed by atoms with E-state index in [9.17, 15) is 65.4 Å². The van der Waals surface area contributed by atoms with Crippen molar-refractivity contribution in [2.45, 2.75) is 30.7 Å². The third-order valence-electron chi connectivity index (χ3n) is 8.05. The molecule has 10 N–H and O–H groups in total. The fraction of sp³-hybridized carbons (Fsp3) is 0.182. The van der Waals surface area contributed by atoms with Gasteiger partial charge in [0.05, 0.1) is 11.1 Å². The minimum atomic E-state index is -2.09. The van der Waals surface area contributed by atoms with Gasteiger partial charge in [-0.25, -0.2) is 9.59 Å². The first-order valence-electron chi connectivity index (χ1n) is 14.5. The molecule has 0 aliphatic carbocycles. The molecule has 4 aromatic rings. The first kappa shape index (κ1) is 33.5. The largest absolute Gasteiger partial charge is 0.507 e. The molecule has 50 heavy (non-hydrogen) atoms. The monoisotopic (exact) mass is 694 g/mol. The van der Waals surface area contributed by atoms with Gasteiger partial charge in [-0.15, -0.1) is 0 Å². The van der Waals surface area contributed by atoms with Crippen molar-refractivity contribution in [2.24, 2.45) is 0 Å². The molecule has 0 bridgehead atoms. The summed E-state index contributed by atoms with van der Waals surface area (Å²) in [6, 6.07) is 10.7. The summed E-state index contributed by atoms with van der Waals surface area (Å²) >= 11 is 0. The molecule has 1 fully saturated rings. The second kappa shape index (κ2) is 12.5. The molecule has 0 amide bonds. The highest BCUT2D eigenvalue weighted by atomic mass is 16.7. The van der Waals surface area contributed by atoms with E-state index in [1.807, 2.05) is 0 Å². The van der Waals surface area contributed by atoms with Gasteiger partial charge >= 0.3 is 11.9 Å². The number of hydrogen-bond donors (Lipinski definition) is 10. The van der Waals surface area contributed by atoms with E-state index in [1.54, 1.807) is 18.2 Å². The Morgan fingerprint density at radius 3 is 1.78 bits per heavy atom. The van der Waals surface area contributed by atoms with E-state index >= 15 is 0 Å². The average Bonchev–Trinajstić information content (AvgIpc) is 3.09. The van der Waals surface area contributed by atoms with Crippen molar-refractivity contribution in [2.75, 3.05) is 6.61 Å². The van der Waals surface area contributed by atoms with Gasteiger partial charge in [0.25, 0.3) is 0 Å². The molecule has 0 saturated carbocycles. The molecule has 0 unspecified atom stereocenters. The Hall–Kier alpha value is -6.43. The molecule has 2 aliphatic rings. The van der Waals surface area contributed by atoms with Gasteiger partial charge in [0.2, 0.25) is 23.6 Å². The number of phenolic OH excluding ortho intramolecular Hbond substituents is 8. The van der Waals surface area contributed by atoms with Crippen LogP contribution in [0.2, 0.25) is 0 Å². The van der Waals surface area contributed by atoms with Crippen LogP contribution >= 0.6 is 0 Å². The molecular weight excluding hydrogens is 668 g/mol. The molecule has 17 heteroatoms. The van der Waals surface area contributed by atoms with E-state index in [0.717, 1.165) is 12.1 Å². The summed E-state index contributed by atoms with van der Waals surface area (Å²) in [6.07, 6.45) is -9.58. The highest BCUT2D eigenvalue weighted by Crippen LogP contribution is 2.53. The van der Waals surface area contributed by atoms with Crippen LogP contribution in [0.1, 0.15) is 36.6 Å². The fourth-order valence-electron chi connectivity index (χ4n) is 5.58. The molecule has 260 valence electrons. The Labute approximate surface area is 279 Å². The Balaban J connectivity index is 1.36. The number of benzene rings is 4. The van der Waals surface area contributed by atoms with Gasteiger partial charge in [-0.2, -0.15) is 0 Å². The van der Waals surface area contributed by atoms with E-state index < -0.39 is 129 Å². The molecule has 5 atom stereocenters. The molecule has 4 aromatic carbocycles. The zero-order valence-electron chi connectivity index (χ0n) is 25.1. The number of phenols is 8. The zero-order chi connectivity index (χ0) is 36.2. The minimum absolute atomic E-state index is 0.151. The number of ether oxygens (including phenoxy) is 4. The fourth-order valence-corrected chi connectivity index (χ4v) is 5.58. The van der Waals surface area contributed by atoms with Crippen LogP contribution in [0.4, 0.5) is 0 Å². The van der Waals surface area contributed by atoms with Crippen LogP contribution in [0.3, 0.4) is 0 Å². The standard InChI is InChI=1S/C33H26O17/c34-15-6-12(7-16(35)22(15)23(38)11-4-2-1-3-5-11)48-33-29(44)28(43)30-19(49-33)10-47-31(45)13-8-17(36)24(39)26(41)20(13)21-14(32(46)50-30)9-18(37)25(40)27(21)42/h1-9,19,28-30,33-37,39-44H,10H2/t19-,28-,29-,30-,33-/m1/s1. The summed E-state index contributed by atoms with van der Waals surface area (Å²) in [5.41, 5.74) is -3.64. The third kappa shape index (κ3) is 5.60. The number of esters is 2. The quantitative estimate of drug-likeness (QED) is 0.0821. The summed E-state index contributed by atoms with van der Waals surface area (Å²) < 4.78 is 21.9. The van der Waals surface area contributed by atoms with Crippen LogP contribution in [0, 0.1) is 0 Å². The molecule has 6 rings (SSSR count). The summed E-state index contributed by atoms with van der Waals surface area (Å²) in [5, 5.41) is 105. The molecule has 1 saturated heterocycles. The van der Waals surface area contributed by atoms with Crippen LogP contribution in [0.25, 0.3) is 11.1 Å². The predicted molar refractivity (Wildman–Crippen MR) is 162 cm³/mol. The van der Waals surface area contributed by atoms with Gasteiger partial charge in [-0.3, -0.25) is 4.79 Å². The highest BCUT2D eigenvalue weighted by Gasteiger charge is 2.49. The summed E-state index contributed by atoms with van der Waals surface area (Å²) in [7, 11) is 0. The van der Waals surface area contributed by atoms with Crippen molar-refractivity contribution in [3.8, 4) is 62.9 Å². The molecular formula is C33H26O17. The lowest BCUT2D eigenvalue weighted by atomic mass is 9.92. The zero-order valence-corrected chi connectivity index (χ0v) is 25.1. The van der Waals surface area contributed by atoms with Crippen LogP contribution in [0.5, 0.6) is 51.7 Å². The smallest absolute Gasteiger partial charge is 0.339 e. The van der Waals surface area contributed by atoms with E-state index in [2.05, 4.69) is 0 Å². The first-order chi connectivity index (χ1) is 23.7. The molecule has 2 heterocycles. The molecule has 17 nitrogen and oxygen atoms in total. The summed E-state index contributed by atoms with van der Waals surface area (Å²) in [6.45, 7) is -0.887. The second-order valence-electron chi connectivity index (χ2n) is 11.2. The normalized spacial score (nSPS) is 21.8.